The fraction of sp³-hybridized carbons (Fsp3) is 0.933. The van der Waals surface area contributed by atoms with Crippen LogP contribution in [0.1, 0.15) is 48.5 Å². The Hall–Kier alpha value is -0.810. The Morgan fingerprint density at radius 2 is 1.70 bits per heavy atom. The minimum Gasteiger partial charge on any atom is -0.444 e. The van der Waals surface area contributed by atoms with Crippen molar-refractivity contribution in [1.29, 1.82) is 0 Å². The lowest BCUT2D eigenvalue weighted by Gasteiger charge is -2.24. The van der Waals surface area contributed by atoms with E-state index in [0.29, 0.717) is 37.5 Å². The van der Waals surface area contributed by atoms with Crippen LogP contribution in [-0.2, 0) is 9.57 Å². The van der Waals surface area contributed by atoms with E-state index in [-0.39, 0.29) is 6.09 Å². The van der Waals surface area contributed by atoms with Gasteiger partial charge in [-0.3, -0.25) is 0 Å². The van der Waals surface area contributed by atoms with E-state index in [0.717, 1.165) is 0 Å². The molecule has 0 radical (unpaired) electrons. The van der Waals surface area contributed by atoms with Gasteiger partial charge in [0.25, 0.3) is 0 Å². The standard InChI is InChI=1S/C15H32N2O3/c1-11(2)10-19-17-9-13(12(3)4)8-16-14(18)20-15(5,6)7/h11-13,17H,8-10H2,1-7H3,(H,16,18). The highest BCUT2D eigenvalue weighted by molar-refractivity contribution is 5.67. The summed E-state index contributed by atoms with van der Waals surface area (Å²) in [5.74, 6) is 1.25. The second kappa shape index (κ2) is 9.19. The summed E-state index contributed by atoms with van der Waals surface area (Å²) in [6.07, 6.45) is -0.369. The molecule has 1 amide bonds. The van der Waals surface area contributed by atoms with Crippen molar-refractivity contribution in [1.82, 2.24) is 10.8 Å². The molecule has 2 N–H and O–H groups in total. The number of nitrogens with one attached hydrogen (secondary N) is 2. The second-order valence-corrected chi connectivity index (χ2v) is 6.94. The molecule has 0 saturated heterocycles. The Balaban J connectivity index is 4.00. The highest BCUT2D eigenvalue weighted by atomic mass is 16.6. The first-order valence-electron chi connectivity index (χ1n) is 7.43. The molecule has 0 bridgehead atoms. The maximum atomic E-state index is 11.6. The van der Waals surface area contributed by atoms with Crippen LogP contribution in [0, 0.1) is 17.8 Å². The number of rotatable bonds is 8. The minimum absolute atomic E-state index is 0.301. The molecule has 0 aromatic rings. The lowest BCUT2D eigenvalue weighted by molar-refractivity contribution is 0.0115. The SMILES string of the molecule is CC(C)CONCC(CNC(=O)OC(C)(C)C)C(C)C. The van der Waals surface area contributed by atoms with Crippen molar-refractivity contribution >= 4 is 6.09 Å². The quantitative estimate of drug-likeness (QED) is 0.532. The summed E-state index contributed by atoms with van der Waals surface area (Å²) in [5.41, 5.74) is 2.52. The Morgan fingerprint density at radius 3 is 2.15 bits per heavy atom. The van der Waals surface area contributed by atoms with E-state index in [9.17, 15) is 4.79 Å². The van der Waals surface area contributed by atoms with E-state index >= 15 is 0 Å². The third-order valence-electron chi connectivity index (χ3n) is 2.71. The van der Waals surface area contributed by atoms with E-state index < -0.39 is 5.60 Å². The minimum atomic E-state index is -0.462. The molecule has 0 saturated carbocycles. The summed E-state index contributed by atoms with van der Waals surface area (Å²) in [4.78, 5) is 17.0. The summed E-state index contributed by atoms with van der Waals surface area (Å²) in [6, 6.07) is 0. The Bertz CT molecular complexity index is 273. The maximum absolute atomic E-state index is 11.6. The number of hydroxylamine groups is 1. The highest BCUT2D eigenvalue weighted by Crippen LogP contribution is 2.10. The predicted octanol–water partition coefficient (Wildman–Crippen LogP) is 2.96. The molecule has 20 heavy (non-hydrogen) atoms. The summed E-state index contributed by atoms with van der Waals surface area (Å²) in [5, 5.41) is 2.81. The van der Waals surface area contributed by atoms with Crippen LogP contribution in [0.25, 0.3) is 0 Å². The van der Waals surface area contributed by atoms with Gasteiger partial charge < -0.3 is 14.9 Å². The van der Waals surface area contributed by atoms with Crippen molar-refractivity contribution in [2.24, 2.45) is 17.8 Å². The molecule has 120 valence electrons. The monoisotopic (exact) mass is 288 g/mol. The van der Waals surface area contributed by atoms with Gasteiger partial charge in [0, 0.05) is 13.1 Å². The largest absolute Gasteiger partial charge is 0.444 e. The molecular formula is C15H32N2O3. The fourth-order valence-electron chi connectivity index (χ4n) is 1.46. The molecule has 0 spiro atoms. The van der Waals surface area contributed by atoms with Crippen LogP contribution in [0.15, 0.2) is 0 Å². The third-order valence-corrected chi connectivity index (χ3v) is 2.71. The number of carbonyl (C=O) groups is 1. The lowest BCUT2D eigenvalue weighted by atomic mass is 9.96. The van der Waals surface area contributed by atoms with Gasteiger partial charge >= 0.3 is 6.09 Å². The van der Waals surface area contributed by atoms with Crippen LogP contribution >= 0.6 is 0 Å². The van der Waals surface area contributed by atoms with E-state index in [1.54, 1.807) is 0 Å². The van der Waals surface area contributed by atoms with Crippen LogP contribution in [-0.4, -0.2) is 31.4 Å². The van der Waals surface area contributed by atoms with Crippen LogP contribution in [0.4, 0.5) is 4.79 Å². The van der Waals surface area contributed by atoms with Crippen molar-refractivity contribution in [2.45, 2.75) is 54.1 Å². The number of carbonyl (C=O) groups excluding carboxylic acids is 1. The average molecular weight is 288 g/mol. The van der Waals surface area contributed by atoms with Gasteiger partial charge in [0.05, 0.1) is 6.61 Å². The molecule has 0 aliphatic rings. The van der Waals surface area contributed by atoms with Crippen LogP contribution < -0.4 is 10.8 Å². The topological polar surface area (TPSA) is 59.6 Å². The van der Waals surface area contributed by atoms with Crippen LogP contribution in [0.5, 0.6) is 0 Å². The molecular weight excluding hydrogens is 256 g/mol. The lowest BCUT2D eigenvalue weighted by Crippen LogP contribution is -2.39. The molecule has 5 heteroatoms. The molecule has 0 fully saturated rings. The Morgan fingerprint density at radius 1 is 1.10 bits per heavy atom. The van der Waals surface area contributed by atoms with Crippen molar-refractivity contribution in [2.75, 3.05) is 19.7 Å². The molecule has 0 rings (SSSR count). The fourth-order valence-corrected chi connectivity index (χ4v) is 1.46. The van der Waals surface area contributed by atoms with Crippen molar-refractivity contribution in [3.8, 4) is 0 Å². The normalized spacial score (nSPS) is 13.7. The van der Waals surface area contributed by atoms with Gasteiger partial charge in [-0.2, -0.15) is 0 Å². The number of alkyl carbamates (subject to hydrolysis) is 1. The van der Waals surface area contributed by atoms with Gasteiger partial charge in [-0.1, -0.05) is 27.7 Å². The van der Waals surface area contributed by atoms with Crippen molar-refractivity contribution < 1.29 is 14.4 Å². The number of amides is 1. The molecule has 0 aliphatic heterocycles. The third kappa shape index (κ3) is 11.1. The predicted molar refractivity (Wildman–Crippen MR) is 81.4 cm³/mol. The van der Waals surface area contributed by atoms with Gasteiger partial charge in [0.15, 0.2) is 0 Å². The number of ether oxygens (including phenoxy) is 1. The zero-order chi connectivity index (χ0) is 15.8. The van der Waals surface area contributed by atoms with E-state index in [1.807, 2.05) is 20.8 Å². The summed E-state index contributed by atoms with van der Waals surface area (Å²) in [7, 11) is 0. The highest BCUT2D eigenvalue weighted by Gasteiger charge is 2.19. The summed E-state index contributed by atoms with van der Waals surface area (Å²) < 4.78 is 5.22. The zero-order valence-electron chi connectivity index (χ0n) is 14.1. The van der Waals surface area contributed by atoms with Crippen LogP contribution in [0.3, 0.4) is 0 Å². The molecule has 0 heterocycles. The Labute approximate surface area is 123 Å². The van der Waals surface area contributed by atoms with E-state index in [1.165, 1.54) is 0 Å². The Kier molecular flexibility index (Phi) is 8.81. The van der Waals surface area contributed by atoms with Gasteiger partial charge in [-0.05, 0) is 38.5 Å². The van der Waals surface area contributed by atoms with Crippen molar-refractivity contribution in [3.63, 3.8) is 0 Å². The maximum Gasteiger partial charge on any atom is 0.407 e. The van der Waals surface area contributed by atoms with Crippen molar-refractivity contribution in [3.05, 3.63) is 0 Å². The van der Waals surface area contributed by atoms with Gasteiger partial charge in [-0.25, -0.2) is 10.3 Å². The smallest absolute Gasteiger partial charge is 0.407 e. The summed E-state index contributed by atoms with van der Waals surface area (Å²) in [6.45, 7) is 16.0. The molecule has 0 aromatic carbocycles. The first-order valence-corrected chi connectivity index (χ1v) is 7.43. The van der Waals surface area contributed by atoms with Crippen LogP contribution in [0.2, 0.25) is 0 Å². The first kappa shape index (κ1) is 19.2. The molecule has 0 aliphatic carbocycles. The first-order chi connectivity index (χ1) is 9.11. The summed E-state index contributed by atoms with van der Waals surface area (Å²) >= 11 is 0. The second-order valence-electron chi connectivity index (χ2n) is 6.94. The van der Waals surface area contributed by atoms with Gasteiger partial charge in [0.2, 0.25) is 0 Å². The molecule has 1 atom stereocenters. The average Bonchev–Trinajstić information content (AvgIpc) is 2.24. The molecule has 0 aromatic heterocycles. The molecule has 5 nitrogen and oxygen atoms in total. The van der Waals surface area contributed by atoms with Gasteiger partial charge in [-0.15, -0.1) is 0 Å². The number of hydrogen-bond donors (Lipinski definition) is 2. The van der Waals surface area contributed by atoms with Gasteiger partial charge in [0.1, 0.15) is 5.60 Å². The molecule has 1 unspecified atom stereocenters. The zero-order valence-corrected chi connectivity index (χ0v) is 14.1. The number of hydrogen-bond acceptors (Lipinski definition) is 4. The van der Waals surface area contributed by atoms with E-state index in [2.05, 4.69) is 38.5 Å². The van der Waals surface area contributed by atoms with E-state index in [4.69, 9.17) is 9.57 Å².